The van der Waals surface area contributed by atoms with Crippen LogP contribution in [0.2, 0.25) is 0 Å². The molecule has 1 aliphatic heterocycles. The summed E-state index contributed by atoms with van der Waals surface area (Å²) in [5, 5.41) is 0. The fraction of sp³-hybridized carbons (Fsp3) is 0.647. The van der Waals surface area contributed by atoms with Crippen LogP contribution in [0.15, 0.2) is 18.2 Å². The molecule has 124 valence electrons. The molecular weight excluding hydrogens is 284 g/mol. The van der Waals surface area contributed by atoms with Gasteiger partial charge in [-0.15, -0.1) is 0 Å². The summed E-state index contributed by atoms with van der Waals surface area (Å²) in [6, 6.07) is 3.78. The van der Waals surface area contributed by atoms with E-state index in [-0.39, 0.29) is 0 Å². The molecule has 1 aliphatic rings. The zero-order valence-electron chi connectivity index (χ0n) is 13.7. The molecule has 0 bridgehead atoms. The highest BCUT2D eigenvalue weighted by atomic mass is 19.1. The van der Waals surface area contributed by atoms with Crippen molar-refractivity contribution in [2.45, 2.75) is 19.9 Å². The molecule has 1 heterocycles. The summed E-state index contributed by atoms with van der Waals surface area (Å²) in [5.74, 6) is -0.984. The van der Waals surface area contributed by atoms with E-state index >= 15 is 0 Å². The van der Waals surface area contributed by atoms with Gasteiger partial charge in [-0.1, -0.05) is 6.92 Å². The molecule has 2 rings (SSSR count). The molecule has 1 saturated heterocycles. The van der Waals surface area contributed by atoms with Crippen molar-refractivity contribution in [3.05, 3.63) is 35.4 Å². The summed E-state index contributed by atoms with van der Waals surface area (Å²) in [4.78, 5) is 7.07. The largest absolute Gasteiger partial charge is 0.307 e. The molecule has 0 aliphatic carbocycles. The maximum Gasteiger partial charge on any atom is 0.126 e. The lowest BCUT2D eigenvalue weighted by molar-refractivity contribution is 0.123. The molecule has 0 N–H and O–H groups in total. The van der Waals surface area contributed by atoms with Gasteiger partial charge in [0.1, 0.15) is 11.6 Å². The standard InChI is InChI=1S/C17H27F2N3/c1-3-20(2)5-4-6-21-7-9-22(10-8-21)14-15-11-16(18)13-17(19)12-15/h11-13H,3-10,14H2,1-2H3. The lowest BCUT2D eigenvalue weighted by Gasteiger charge is -2.35. The first-order chi connectivity index (χ1) is 10.6. The Hall–Kier alpha value is -1.04. The van der Waals surface area contributed by atoms with E-state index in [1.54, 1.807) is 0 Å². The molecule has 1 aromatic carbocycles. The molecule has 5 heteroatoms. The average Bonchev–Trinajstić information content (AvgIpc) is 2.48. The number of piperazine rings is 1. The van der Waals surface area contributed by atoms with E-state index in [2.05, 4.69) is 28.7 Å². The van der Waals surface area contributed by atoms with Crippen molar-refractivity contribution < 1.29 is 8.78 Å². The summed E-state index contributed by atoms with van der Waals surface area (Å²) in [7, 11) is 2.15. The van der Waals surface area contributed by atoms with Crippen LogP contribution in [0.25, 0.3) is 0 Å². The summed E-state index contributed by atoms with van der Waals surface area (Å²) in [6.07, 6.45) is 1.19. The average molecular weight is 311 g/mol. The molecule has 0 aromatic heterocycles. The molecule has 0 spiro atoms. The Morgan fingerprint density at radius 1 is 1.00 bits per heavy atom. The lowest BCUT2D eigenvalue weighted by atomic mass is 10.2. The maximum absolute atomic E-state index is 13.2. The summed E-state index contributed by atoms with van der Waals surface area (Å²) < 4.78 is 26.4. The first kappa shape index (κ1) is 17.3. The highest BCUT2D eigenvalue weighted by Crippen LogP contribution is 2.12. The molecule has 22 heavy (non-hydrogen) atoms. The monoisotopic (exact) mass is 311 g/mol. The number of hydrogen-bond donors (Lipinski definition) is 0. The Kier molecular flexibility index (Phi) is 6.73. The number of hydrogen-bond acceptors (Lipinski definition) is 3. The van der Waals surface area contributed by atoms with Crippen LogP contribution >= 0.6 is 0 Å². The molecule has 0 saturated carbocycles. The fourth-order valence-corrected chi connectivity index (χ4v) is 2.85. The number of benzene rings is 1. The second kappa shape index (κ2) is 8.56. The molecule has 1 aromatic rings. The quantitative estimate of drug-likeness (QED) is 0.766. The van der Waals surface area contributed by atoms with Gasteiger partial charge in [0.05, 0.1) is 0 Å². The summed E-state index contributed by atoms with van der Waals surface area (Å²) in [6.45, 7) is 10.2. The van der Waals surface area contributed by atoms with Crippen molar-refractivity contribution in [2.24, 2.45) is 0 Å². The van der Waals surface area contributed by atoms with Crippen molar-refractivity contribution in [1.82, 2.24) is 14.7 Å². The van der Waals surface area contributed by atoms with Gasteiger partial charge >= 0.3 is 0 Å². The zero-order valence-corrected chi connectivity index (χ0v) is 13.7. The minimum Gasteiger partial charge on any atom is -0.307 e. The minimum atomic E-state index is -0.492. The summed E-state index contributed by atoms with van der Waals surface area (Å²) >= 11 is 0. The van der Waals surface area contributed by atoms with Crippen molar-refractivity contribution in [2.75, 3.05) is 52.9 Å². The van der Waals surface area contributed by atoms with Crippen LogP contribution < -0.4 is 0 Å². The Morgan fingerprint density at radius 2 is 1.59 bits per heavy atom. The van der Waals surface area contributed by atoms with Crippen LogP contribution in [0.3, 0.4) is 0 Å². The molecule has 3 nitrogen and oxygen atoms in total. The lowest BCUT2D eigenvalue weighted by Crippen LogP contribution is -2.46. The fourth-order valence-electron chi connectivity index (χ4n) is 2.85. The highest BCUT2D eigenvalue weighted by Gasteiger charge is 2.17. The molecule has 0 amide bonds. The van der Waals surface area contributed by atoms with Crippen LogP contribution in [-0.2, 0) is 6.54 Å². The van der Waals surface area contributed by atoms with E-state index < -0.39 is 11.6 Å². The van der Waals surface area contributed by atoms with Crippen molar-refractivity contribution >= 4 is 0 Å². The number of halogens is 2. The smallest absolute Gasteiger partial charge is 0.126 e. The predicted octanol–water partition coefficient (Wildman–Crippen LogP) is 2.42. The number of nitrogens with zero attached hydrogens (tertiary/aromatic N) is 3. The first-order valence-corrected chi connectivity index (χ1v) is 8.15. The maximum atomic E-state index is 13.2. The predicted molar refractivity (Wildman–Crippen MR) is 85.9 cm³/mol. The zero-order chi connectivity index (χ0) is 15.9. The van der Waals surface area contributed by atoms with Crippen LogP contribution in [0.1, 0.15) is 18.9 Å². The van der Waals surface area contributed by atoms with Crippen molar-refractivity contribution in [1.29, 1.82) is 0 Å². The molecular formula is C17H27F2N3. The normalized spacial score (nSPS) is 17.3. The van der Waals surface area contributed by atoms with E-state index in [0.717, 1.165) is 57.4 Å². The van der Waals surface area contributed by atoms with Gasteiger partial charge in [-0.3, -0.25) is 4.90 Å². The van der Waals surface area contributed by atoms with Crippen molar-refractivity contribution in [3.63, 3.8) is 0 Å². The van der Waals surface area contributed by atoms with E-state index in [9.17, 15) is 8.78 Å². The third-order valence-corrected chi connectivity index (χ3v) is 4.35. The third-order valence-electron chi connectivity index (χ3n) is 4.35. The van der Waals surface area contributed by atoms with E-state index in [1.807, 2.05) is 0 Å². The Morgan fingerprint density at radius 3 is 2.18 bits per heavy atom. The van der Waals surface area contributed by atoms with Gasteiger partial charge in [0.15, 0.2) is 0 Å². The van der Waals surface area contributed by atoms with Crippen LogP contribution in [0.4, 0.5) is 8.78 Å². The summed E-state index contributed by atoms with van der Waals surface area (Å²) in [5.41, 5.74) is 0.718. The molecule has 0 radical (unpaired) electrons. The molecule has 0 atom stereocenters. The van der Waals surface area contributed by atoms with Gasteiger partial charge in [0, 0.05) is 38.8 Å². The second-order valence-electron chi connectivity index (χ2n) is 6.14. The Balaban J connectivity index is 1.70. The minimum absolute atomic E-state index is 0.492. The topological polar surface area (TPSA) is 9.72 Å². The van der Waals surface area contributed by atoms with E-state index in [0.29, 0.717) is 6.54 Å². The van der Waals surface area contributed by atoms with Crippen LogP contribution in [0, 0.1) is 11.6 Å². The first-order valence-electron chi connectivity index (χ1n) is 8.15. The van der Waals surface area contributed by atoms with Gasteiger partial charge in [-0.05, 0) is 50.8 Å². The SMILES string of the molecule is CCN(C)CCCN1CCN(Cc2cc(F)cc(F)c2)CC1. The second-order valence-corrected chi connectivity index (χ2v) is 6.14. The number of rotatable bonds is 7. The van der Waals surface area contributed by atoms with Gasteiger partial charge < -0.3 is 9.80 Å². The van der Waals surface area contributed by atoms with E-state index in [4.69, 9.17) is 0 Å². The van der Waals surface area contributed by atoms with Gasteiger partial charge in [-0.2, -0.15) is 0 Å². The van der Waals surface area contributed by atoms with Gasteiger partial charge in [-0.25, -0.2) is 8.78 Å². The Labute approximate surface area is 132 Å². The molecule has 0 unspecified atom stereocenters. The van der Waals surface area contributed by atoms with Gasteiger partial charge in [0.2, 0.25) is 0 Å². The third kappa shape index (κ3) is 5.63. The Bertz CT molecular complexity index is 439. The van der Waals surface area contributed by atoms with E-state index in [1.165, 1.54) is 18.6 Å². The molecule has 1 fully saturated rings. The van der Waals surface area contributed by atoms with Crippen LogP contribution in [-0.4, -0.2) is 67.6 Å². The highest BCUT2D eigenvalue weighted by molar-refractivity contribution is 5.17. The van der Waals surface area contributed by atoms with Crippen LogP contribution in [0.5, 0.6) is 0 Å². The van der Waals surface area contributed by atoms with Gasteiger partial charge in [0.25, 0.3) is 0 Å². The van der Waals surface area contributed by atoms with Crippen molar-refractivity contribution in [3.8, 4) is 0 Å².